The maximum absolute atomic E-state index is 12.7. The second kappa shape index (κ2) is 5.25. The maximum atomic E-state index is 12.7. The van der Waals surface area contributed by atoms with Gasteiger partial charge in [-0.3, -0.25) is 9.78 Å². The molecule has 2 N–H and O–H groups in total. The molecular formula is C13H14N2O6S. The van der Waals surface area contributed by atoms with E-state index in [-0.39, 0.29) is 23.4 Å². The molecule has 22 heavy (non-hydrogen) atoms. The molecule has 2 heterocycles. The molecule has 1 saturated heterocycles. The van der Waals surface area contributed by atoms with E-state index in [9.17, 15) is 23.1 Å². The second-order valence-electron chi connectivity index (χ2n) is 5.14. The van der Waals surface area contributed by atoms with Crippen molar-refractivity contribution in [3.8, 4) is 0 Å². The Labute approximate surface area is 125 Å². The predicted octanol–water partition coefficient (Wildman–Crippen LogP) is 0.749. The summed E-state index contributed by atoms with van der Waals surface area (Å²) in [5.41, 5.74) is 0.507. The number of fused-ring (bicyclic) bond motifs is 1. The number of nitrogens with zero attached hydrogens (tertiary/aromatic N) is 1. The number of piperidine rings is 1. The molecule has 1 aliphatic heterocycles. The number of aromatic nitrogens is 1. The predicted molar refractivity (Wildman–Crippen MR) is 76.0 cm³/mol. The van der Waals surface area contributed by atoms with Crippen molar-refractivity contribution in [2.24, 2.45) is 0 Å². The third-order valence-corrected chi connectivity index (χ3v) is 5.64. The number of aliphatic carboxylic acids is 1. The summed E-state index contributed by atoms with van der Waals surface area (Å²) in [7, 11) is -3.96. The molecule has 2 aromatic rings. The highest BCUT2D eigenvalue weighted by Gasteiger charge is 2.37. The first-order valence-corrected chi connectivity index (χ1v) is 8.21. The summed E-state index contributed by atoms with van der Waals surface area (Å²) in [5.74, 6) is -1.83. The Kier molecular flexibility index (Phi) is 3.53. The van der Waals surface area contributed by atoms with Crippen molar-refractivity contribution in [3.05, 3.63) is 28.7 Å². The Morgan fingerprint density at radius 2 is 2.14 bits per heavy atom. The zero-order valence-electron chi connectivity index (χ0n) is 11.5. The van der Waals surface area contributed by atoms with Gasteiger partial charge in [0.2, 0.25) is 10.0 Å². The van der Waals surface area contributed by atoms with Gasteiger partial charge in [0.15, 0.2) is 5.58 Å². The summed E-state index contributed by atoms with van der Waals surface area (Å²) in [6.07, 6.45) is 1.58. The third kappa shape index (κ3) is 2.42. The van der Waals surface area contributed by atoms with Crippen LogP contribution < -0.4 is 5.76 Å². The lowest BCUT2D eigenvalue weighted by molar-refractivity contribution is -0.142. The third-order valence-electron chi connectivity index (χ3n) is 3.74. The van der Waals surface area contributed by atoms with E-state index in [1.165, 1.54) is 18.2 Å². The van der Waals surface area contributed by atoms with Crippen molar-refractivity contribution in [1.29, 1.82) is 0 Å². The Morgan fingerprint density at radius 3 is 2.86 bits per heavy atom. The molecule has 0 amide bonds. The molecule has 1 aliphatic rings. The molecule has 118 valence electrons. The molecule has 0 saturated carbocycles. The first-order chi connectivity index (χ1) is 10.4. The van der Waals surface area contributed by atoms with Crippen LogP contribution in [0.15, 0.2) is 32.3 Å². The van der Waals surface area contributed by atoms with Gasteiger partial charge >= 0.3 is 11.7 Å². The highest BCUT2D eigenvalue weighted by Crippen LogP contribution is 2.27. The van der Waals surface area contributed by atoms with Crippen LogP contribution in [0, 0.1) is 0 Å². The number of sulfonamides is 1. The number of rotatable bonds is 3. The molecule has 0 bridgehead atoms. The SMILES string of the molecule is O=C(O)C1CCCCN1S(=O)(=O)c1ccc2[nH]c(=O)oc2c1. The summed E-state index contributed by atoms with van der Waals surface area (Å²) in [6.45, 7) is 0.161. The highest BCUT2D eigenvalue weighted by molar-refractivity contribution is 7.89. The number of aromatic amines is 1. The number of carbonyl (C=O) groups is 1. The standard InChI is InChI=1S/C13H14N2O6S/c16-12(17)10-3-1-2-6-15(10)22(19,20)8-4-5-9-11(7-8)21-13(18)14-9/h4-5,7,10H,1-3,6H2,(H,14,18)(H,16,17). The van der Waals surface area contributed by atoms with Gasteiger partial charge in [0, 0.05) is 12.6 Å². The van der Waals surface area contributed by atoms with E-state index >= 15 is 0 Å². The molecule has 8 nitrogen and oxygen atoms in total. The van der Waals surface area contributed by atoms with Crippen molar-refractivity contribution in [2.45, 2.75) is 30.2 Å². The Morgan fingerprint density at radius 1 is 1.36 bits per heavy atom. The maximum Gasteiger partial charge on any atom is 0.417 e. The molecule has 1 unspecified atom stereocenters. The van der Waals surface area contributed by atoms with E-state index in [2.05, 4.69) is 4.98 Å². The fourth-order valence-electron chi connectivity index (χ4n) is 2.66. The van der Waals surface area contributed by atoms with Gasteiger partial charge in [0.25, 0.3) is 0 Å². The molecule has 9 heteroatoms. The monoisotopic (exact) mass is 326 g/mol. The van der Waals surface area contributed by atoms with Crippen LogP contribution in [0.2, 0.25) is 0 Å². The van der Waals surface area contributed by atoms with Gasteiger partial charge in [-0.1, -0.05) is 0 Å². The quantitative estimate of drug-likeness (QED) is 0.858. The van der Waals surface area contributed by atoms with Crippen LogP contribution in [0.1, 0.15) is 19.3 Å². The van der Waals surface area contributed by atoms with Crippen molar-refractivity contribution in [1.82, 2.24) is 9.29 Å². The Bertz CT molecular complexity index is 881. The molecule has 0 aliphatic carbocycles. The summed E-state index contributed by atoms with van der Waals surface area (Å²) < 4.78 is 31.2. The van der Waals surface area contributed by atoms with Crippen LogP contribution in [0.5, 0.6) is 0 Å². The minimum Gasteiger partial charge on any atom is -0.480 e. The highest BCUT2D eigenvalue weighted by atomic mass is 32.2. The normalized spacial score (nSPS) is 20.3. The summed E-state index contributed by atoms with van der Waals surface area (Å²) in [4.78, 5) is 24.8. The van der Waals surface area contributed by atoms with E-state index in [4.69, 9.17) is 4.42 Å². The van der Waals surface area contributed by atoms with Crippen molar-refractivity contribution in [2.75, 3.05) is 6.54 Å². The fourth-order valence-corrected chi connectivity index (χ4v) is 4.33. The van der Waals surface area contributed by atoms with Crippen LogP contribution in [-0.2, 0) is 14.8 Å². The van der Waals surface area contributed by atoms with E-state index < -0.39 is 27.8 Å². The van der Waals surface area contributed by atoms with E-state index in [0.29, 0.717) is 18.4 Å². The Hall–Kier alpha value is -2.13. The fraction of sp³-hybridized carbons (Fsp3) is 0.385. The zero-order valence-corrected chi connectivity index (χ0v) is 12.3. The van der Waals surface area contributed by atoms with Gasteiger partial charge < -0.3 is 9.52 Å². The van der Waals surface area contributed by atoms with Crippen molar-refractivity contribution in [3.63, 3.8) is 0 Å². The summed E-state index contributed by atoms with van der Waals surface area (Å²) in [6, 6.07) is 2.92. The lowest BCUT2D eigenvalue weighted by atomic mass is 10.1. The van der Waals surface area contributed by atoms with E-state index in [0.717, 1.165) is 4.31 Å². The number of hydrogen-bond donors (Lipinski definition) is 2. The lowest BCUT2D eigenvalue weighted by Crippen LogP contribution is -2.47. The molecule has 0 spiro atoms. The number of carboxylic acid groups (broad SMARTS) is 1. The molecular weight excluding hydrogens is 312 g/mol. The van der Waals surface area contributed by atoms with Crippen molar-refractivity contribution < 1.29 is 22.7 Å². The van der Waals surface area contributed by atoms with Crippen LogP contribution >= 0.6 is 0 Å². The number of carboxylic acids is 1. The molecule has 1 aromatic heterocycles. The second-order valence-corrected chi connectivity index (χ2v) is 7.03. The van der Waals surface area contributed by atoms with Crippen molar-refractivity contribution >= 4 is 27.1 Å². The number of hydrogen-bond acceptors (Lipinski definition) is 5. The minimum absolute atomic E-state index is 0.0871. The summed E-state index contributed by atoms with van der Waals surface area (Å²) in [5, 5.41) is 9.22. The average Bonchev–Trinajstić information content (AvgIpc) is 2.86. The molecule has 3 rings (SSSR count). The number of benzene rings is 1. The number of H-pyrrole nitrogens is 1. The largest absolute Gasteiger partial charge is 0.480 e. The first kappa shape index (κ1) is 14.8. The van der Waals surface area contributed by atoms with Gasteiger partial charge in [-0.05, 0) is 31.4 Å². The average molecular weight is 326 g/mol. The van der Waals surface area contributed by atoms with Gasteiger partial charge in [-0.15, -0.1) is 0 Å². The van der Waals surface area contributed by atoms with E-state index in [1.807, 2.05) is 0 Å². The summed E-state index contributed by atoms with van der Waals surface area (Å²) >= 11 is 0. The van der Waals surface area contributed by atoms with Crippen LogP contribution in [-0.4, -0.2) is 41.4 Å². The van der Waals surface area contributed by atoms with Gasteiger partial charge in [0.05, 0.1) is 10.4 Å². The number of oxazole rings is 1. The number of nitrogens with one attached hydrogen (secondary N) is 1. The van der Waals surface area contributed by atoms with Gasteiger partial charge in [0.1, 0.15) is 6.04 Å². The van der Waals surface area contributed by atoms with Crippen LogP contribution in [0.3, 0.4) is 0 Å². The molecule has 1 atom stereocenters. The Balaban J connectivity index is 2.06. The smallest absolute Gasteiger partial charge is 0.417 e. The zero-order chi connectivity index (χ0) is 15.9. The first-order valence-electron chi connectivity index (χ1n) is 6.77. The van der Waals surface area contributed by atoms with E-state index in [1.54, 1.807) is 0 Å². The lowest BCUT2D eigenvalue weighted by Gasteiger charge is -2.31. The minimum atomic E-state index is -3.96. The molecule has 0 radical (unpaired) electrons. The molecule has 1 fully saturated rings. The molecule has 1 aromatic carbocycles. The van der Waals surface area contributed by atoms with Gasteiger partial charge in [-0.2, -0.15) is 4.31 Å². The van der Waals surface area contributed by atoms with Crippen LogP contribution in [0.25, 0.3) is 11.1 Å². The van der Waals surface area contributed by atoms with Crippen LogP contribution in [0.4, 0.5) is 0 Å². The topological polar surface area (TPSA) is 121 Å². The van der Waals surface area contributed by atoms with Gasteiger partial charge in [-0.25, -0.2) is 13.2 Å².